The second kappa shape index (κ2) is 4.65. The van der Waals surface area contributed by atoms with Gasteiger partial charge in [-0.05, 0) is 25.5 Å². The molecule has 1 aromatic carbocycles. The lowest BCUT2D eigenvalue weighted by Gasteiger charge is -2.08. The largest absolute Gasteiger partial charge is 0.482 e. The van der Waals surface area contributed by atoms with Gasteiger partial charge >= 0.3 is 5.97 Å². The number of methoxy groups -OCH3 is 1. The van der Waals surface area contributed by atoms with E-state index >= 15 is 0 Å². The SMILES string of the molecule is COC(=O)COc1ccc(C)cc1C. The average Bonchev–Trinajstić information content (AvgIpc) is 2.16. The lowest BCUT2D eigenvalue weighted by molar-refractivity contribution is -0.142. The number of ether oxygens (including phenoxy) is 2. The molecule has 1 rings (SSSR count). The molecule has 0 N–H and O–H groups in total. The van der Waals surface area contributed by atoms with Gasteiger partial charge in [-0.3, -0.25) is 0 Å². The summed E-state index contributed by atoms with van der Waals surface area (Å²) in [5.41, 5.74) is 2.20. The molecule has 0 heterocycles. The summed E-state index contributed by atoms with van der Waals surface area (Å²) < 4.78 is 9.74. The highest BCUT2D eigenvalue weighted by Crippen LogP contribution is 2.18. The highest BCUT2D eigenvalue weighted by molar-refractivity contribution is 5.70. The van der Waals surface area contributed by atoms with Crippen LogP contribution in [0.1, 0.15) is 11.1 Å². The van der Waals surface area contributed by atoms with Crippen molar-refractivity contribution in [3.63, 3.8) is 0 Å². The lowest BCUT2D eigenvalue weighted by Crippen LogP contribution is -2.12. The maximum Gasteiger partial charge on any atom is 0.343 e. The molecule has 0 aliphatic carbocycles. The highest BCUT2D eigenvalue weighted by atomic mass is 16.6. The molecule has 0 aromatic heterocycles. The standard InChI is InChI=1S/C11H14O3/c1-8-4-5-10(9(2)6-8)14-7-11(12)13-3/h4-6H,7H2,1-3H3. The summed E-state index contributed by atoms with van der Waals surface area (Å²) in [4.78, 5) is 10.8. The Bertz CT molecular complexity index is 331. The molecule has 0 amide bonds. The van der Waals surface area contributed by atoms with Crippen molar-refractivity contribution in [2.45, 2.75) is 13.8 Å². The average molecular weight is 194 g/mol. The Morgan fingerprint density at radius 1 is 1.36 bits per heavy atom. The number of benzene rings is 1. The first-order chi connectivity index (χ1) is 6.63. The van der Waals surface area contributed by atoms with E-state index in [2.05, 4.69) is 4.74 Å². The van der Waals surface area contributed by atoms with E-state index in [1.54, 1.807) is 0 Å². The third-order valence-electron chi connectivity index (χ3n) is 1.90. The fraction of sp³-hybridized carbons (Fsp3) is 0.364. The molecule has 0 saturated carbocycles. The molecule has 14 heavy (non-hydrogen) atoms. The van der Waals surface area contributed by atoms with Crippen LogP contribution >= 0.6 is 0 Å². The molecule has 0 bridgehead atoms. The van der Waals surface area contributed by atoms with Crippen LogP contribution in [0, 0.1) is 13.8 Å². The van der Waals surface area contributed by atoms with Gasteiger partial charge in [-0.1, -0.05) is 17.7 Å². The molecule has 76 valence electrons. The number of carbonyl (C=O) groups excluding carboxylic acids is 1. The highest BCUT2D eigenvalue weighted by Gasteiger charge is 2.03. The minimum atomic E-state index is -0.370. The van der Waals surface area contributed by atoms with Crippen molar-refractivity contribution in [2.24, 2.45) is 0 Å². The van der Waals surface area contributed by atoms with E-state index in [1.807, 2.05) is 32.0 Å². The molecule has 0 spiro atoms. The van der Waals surface area contributed by atoms with E-state index < -0.39 is 0 Å². The monoisotopic (exact) mass is 194 g/mol. The van der Waals surface area contributed by atoms with Gasteiger partial charge in [0, 0.05) is 0 Å². The Labute approximate surface area is 83.6 Å². The van der Waals surface area contributed by atoms with Gasteiger partial charge in [-0.2, -0.15) is 0 Å². The van der Waals surface area contributed by atoms with E-state index in [-0.39, 0.29) is 12.6 Å². The maximum atomic E-state index is 10.8. The third kappa shape index (κ3) is 2.76. The maximum absolute atomic E-state index is 10.8. The van der Waals surface area contributed by atoms with Crippen LogP contribution in [0.15, 0.2) is 18.2 Å². The van der Waals surface area contributed by atoms with Gasteiger partial charge in [0.2, 0.25) is 0 Å². The van der Waals surface area contributed by atoms with Crippen molar-refractivity contribution in [3.8, 4) is 5.75 Å². The molecule has 0 atom stereocenters. The van der Waals surface area contributed by atoms with Crippen LogP contribution in [0.4, 0.5) is 0 Å². The van der Waals surface area contributed by atoms with Gasteiger partial charge < -0.3 is 9.47 Å². The number of rotatable bonds is 3. The topological polar surface area (TPSA) is 35.5 Å². The van der Waals surface area contributed by atoms with Gasteiger partial charge in [0.05, 0.1) is 7.11 Å². The van der Waals surface area contributed by atoms with Crippen molar-refractivity contribution < 1.29 is 14.3 Å². The number of carbonyl (C=O) groups is 1. The minimum Gasteiger partial charge on any atom is -0.482 e. The van der Waals surface area contributed by atoms with Gasteiger partial charge in [0.15, 0.2) is 6.61 Å². The predicted octanol–water partition coefficient (Wildman–Crippen LogP) is 1.86. The van der Waals surface area contributed by atoms with E-state index in [0.29, 0.717) is 0 Å². The molecule has 0 radical (unpaired) electrons. The summed E-state index contributed by atoms with van der Waals surface area (Å²) in [6.07, 6.45) is 0. The van der Waals surface area contributed by atoms with E-state index in [9.17, 15) is 4.79 Å². The molecule has 0 aliphatic heterocycles. The van der Waals surface area contributed by atoms with Crippen molar-refractivity contribution in [1.29, 1.82) is 0 Å². The summed E-state index contributed by atoms with van der Waals surface area (Å²) in [5, 5.41) is 0. The van der Waals surface area contributed by atoms with Crippen molar-refractivity contribution >= 4 is 5.97 Å². The van der Waals surface area contributed by atoms with Crippen LogP contribution in [0.25, 0.3) is 0 Å². The van der Waals surface area contributed by atoms with Crippen molar-refractivity contribution in [1.82, 2.24) is 0 Å². The van der Waals surface area contributed by atoms with Crippen LogP contribution < -0.4 is 4.74 Å². The molecule has 1 aromatic rings. The van der Waals surface area contributed by atoms with Crippen LogP contribution in [0.3, 0.4) is 0 Å². The molecule has 3 nitrogen and oxygen atoms in total. The first-order valence-electron chi connectivity index (χ1n) is 4.40. The van der Waals surface area contributed by atoms with Crippen LogP contribution in [0.5, 0.6) is 5.75 Å². The molecule has 0 unspecified atom stereocenters. The normalized spacial score (nSPS) is 9.64. The predicted molar refractivity (Wildman–Crippen MR) is 53.4 cm³/mol. The molecule has 0 fully saturated rings. The first kappa shape index (κ1) is 10.6. The number of hydrogen-bond donors (Lipinski definition) is 0. The molecular formula is C11H14O3. The minimum absolute atomic E-state index is 0.0413. The fourth-order valence-corrected chi connectivity index (χ4v) is 1.16. The number of esters is 1. The van der Waals surface area contributed by atoms with Crippen LogP contribution in [-0.2, 0) is 9.53 Å². The Morgan fingerprint density at radius 2 is 2.07 bits per heavy atom. The van der Waals surface area contributed by atoms with E-state index in [4.69, 9.17) is 4.74 Å². The fourth-order valence-electron chi connectivity index (χ4n) is 1.16. The van der Waals surface area contributed by atoms with Gasteiger partial charge in [0.25, 0.3) is 0 Å². The molecule has 3 heteroatoms. The lowest BCUT2D eigenvalue weighted by atomic mass is 10.1. The summed E-state index contributed by atoms with van der Waals surface area (Å²) in [7, 11) is 1.34. The summed E-state index contributed by atoms with van der Waals surface area (Å²) in [6.45, 7) is 3.91. The van der Waals surface area contributed by atoms with Crippen LogP contribution in [0.2, 0.25) is 0 Å². The van der Waals surface area contributed by atoms with Gasteiger partial charge in [-0.25, -0.2) is 4.79 Å². The van der Waals surface area contributed by atoms with Crippen LogP contribution in [-0.4, -0.2) is 19.7 Å². The molecule has 0 saturated heterocycles. The summed E-state index contributed by atoms with van der Waals surface area (Å²) in [5.74, 6) is 0.353. The molecular weight excluding hydrogens is 180 g/mol. The van der Waals surface area contributed by atoms with Gasteiger partial charge in [0.1, 0.15) is 5.75 Å². The Kier molecular flexibility index (Phi) is 3.51. The zero-order chi connectivity index (χ0) is 10.6. The summed E-state index contributed by atoms with van der Waals surface area (Å²) in [6, 6.07) is 5.81. The Balaban J connectivity index is 2.63. The van der Waals surface area contributed by atoms with Crippen molar-refractivity contribution in [3.05, 3.63) is 29.3 Å². The van der Waals surface area contributed by atoms with Crippen molar-refractivity contribution in [2.75, 3.05) is 13.7 Å². The van der Waals surface area contributed by atoms with E-state index in [0.717, 1.165) is 11.3 Å². The second-order valence-electron chi connectivity index (χ2n) is 3.13. The zero-order valence-electron chi connectivity index (χ0n) is 8.66. The zero-order valence-corrected chi connectivity index (χ0v) is 8.66. The van der Waals surface area contributed by atoms with E-state index in [1.165, 1.54) is 12.7 Å². The third-order valence-corrected chi connectivity index (χ3v) is 1.90. The smallest absolute Gasteiger partial charge is 0.343 e. The number of hydrogen-bond acceptors (Lipinski definition) is 3. The summed E-state index contributed by atoms with van der Waals surface area (Å²) >= 11 is 0. The number of aryl methyl sites for hydroxylation is 2. The Morgan fingerprint density at radius 3 is 2.64 bits per heavy atom. The second-order valence-corrected chi connectivity index (χ2v) is 3.13. The quantitative estimate of drug-likeness (QED) is 0.689. The molecule has 0 aliphatic rings. The van der Waals surface area contributed by atoms with Gasteiger partial charge in [-0.15, -0.1) is 0 Å². The first-order valence-corrected chi connectivity index (χ1v) is 4.40. The Hall–Kier alpha value is -1.51.